The third kappa shape index (κ3) is 3.88. The van der Waals surface area contributed by atoms with Gasteiger partial charge in [-0.05, 0) is 32.4 Å². The summed E-state index contributed by atoms with van der Waals surface area (Å²) < 4.78 is 12.0. The highest BCUT2D eigenvalue weighted by Crippen LogP contribution is 2.13. The Hall–Kier alpha value is -1.09. The second-order valence-electron chi connectivity index (χ2n) is 3.58. The molecular weight excluding hydrogens is 191 g/mol. The fraction of sp³-hybridized carbons (Fsp3) is 0.500. The summed E-state index contributed by atoms with van der Waals surface area (Å²) in [4.78, 5) is 0. The molecule has 0 spiro atoms. The van der Waals surface area contributed by atoms with Gasteiger partial charge in [0, 0.05) is 17.9 Å². The molecule has 0 radical (unpaired) electrons. The van der Waals surface area contributed by atoms with Crippen LogP contribution in [0.5, 0.6) is 0 Å². The summed E-state index contributed by atoms with van der Waals surface area (Å²) in [5.74, 6) is 0. The van der Waals surface area contributed by atoms with Gasteiger partial charge in [-0.25, -0.2) is 4.39 Å². The Bertz CT molecular complexity index is 290. The van der Waals surface area contributed by atoms with Crippen LogP contribution in [0.1, 0.15) is 20.3 Å². The van der Waals surface area contributed by atoms with E-state index in [1.807, 2.05) is 26.0 Å². The number of hydrogen-bond acceptors (Lipinski definition) is 2. The number of alkyl halides is 1. The van der Waals surface area contributed by atoms with Crippen LogP contribution in [0.3, 0.4) is 0 Å². The minimum Gasteiger partial charge on any atom is -0.362 e. The number of nitrogens with one attached hydrogen (secondary N) is 2. The van der Waals surface area contributed by atoms with Crippen molar-refractivity contribution in [2.24, 2.45) is 0 Å². The third-order valence-electron chi connectivity index (χ3n) is 2.45. The zero-order valence-electron chi connectivity index (χ0n) is 9.44. The molecule has 84 valence electrons. The minimum absolute atomic E-state index is 0.396. The maximum atomic E-state index is 12.0. The highest BCUT2D eigenvalue weighted by molar-refractivity contribution is 5.30. The van der Waals surface area contributed by atoms with Crippen molar-refractivity contribution in [3.63, 3.8) is 0 Å². The van der Waals surface area contributed by atoms with Gasteiger partial charge in [-0.3, -0.25) is 0 Å². The molecular formula is C12H19FN2. The lowest BCUT2D eigenvalue weighted by Gasteiger charge is -2.21. The van der Waals surface area contributed by atoms with Gasteiger partial charge in [0.2, 0.25) is 0 Å². The molecule has 0 aliphatic carbocycles. The van der Waals surface area contributed by atoms with Crippen LogP contribution >= 0.6 is 0 Å². The summed E-state index contributed by atoms with van der Waals surface area (Å²) in [5.41, 5.74) is 3.48. The maximum absolute atomic E-state index is 12.0. The van der Waals surface area contributed by atoms with Gasteiger partial charge in [0.1, 0.15) is 6.67 Å². The Kier molecular flexibility index (Phi) is 5.12. The largest absolute Gasteiger partial charge is 0.362 e. The summed E-state index contributed by atoms with van der Waals surface area (Å²) in [6, 6.07) is 0. The molecule has 3 heteroatoms. The molecule has 0 aromatic carbocycles. The van der Waals surface area contributed by atoms with Gasteiger partial charge in [-0.15, -0.1) is 0 Å². The molecule has 0 saturated heterocycles. The van der Waals surface area contributed by atoms with Gasteiger partial charge >= 0.3 is 0 Å². The number of halogens is 1. The first-order valence-corrected chi connectivity index (χ1v) is 5.33. The van der Waals surface area contributed by atoms with E-state index in [1.165, 1.54) is 5.57 Å². The van der Waals surface area contributed by atoms with E-state index < -0.39 is 6.67 Å². The van der Waals surface area contributed by atoms with Gasteiger partial charge < -0.3 is 10.6 Å². The first-order valence-electron chi connectivity index (χ1n) is 5.33. The molecule has 2 N–H and O–H groups in total. The lowest BCUT2D eigenvalue weighted by molar-refractivity contribution is 0.561. The Labute approximate surface area is 90.9 Å². The predicted molar refractivity (Wildman–Crippen MR) is 62.2 cm³/mol. The van der Waals surface area contributed by atoms with Crippen molar-refractivity contribution in [2.75, 3.05) is 19.8 Å². The van der Waals surface area contributed by atoms with Gasteiger partial charge in [-0.2, -0.15) is 0 Å². The lowest BCUT2D eigenvalue weighted by Crippen LogP contribution is -2.31. The fourth-order valence-electron chi connectivity index (χ4n) is 1.51. The van der Waals surface area contributed by atoms with Gasteiger partial charge in [0.25, 0.3) is 0 Å². The second-order valence-corrected chi connectivity index (χ2v) is 3.58. The van der Waals surface area contributed by atoms with Gasteiger partial charge in [0.15, 0.2) is 0 Å². The molecule has 0 fully saturated rings. The van der Waals surface area contributed by atoms with E-state index in [4.69, 9.17) is 0 Å². The van der Waals surface area contributed by atoms with Crippen molar-refractivity contribution in [1.29, 1.82) is 0 Å². The summed E-state index contributed by atoms with van der Waals surface area (Å²) >= 11 is 0. The third-order valence-corrected chi connectivity index (χ3v) is 2.45. The molecule has 2 nitrogen and oxygen atoms in total. The molecule has 15 heavy (non-hydrogen) atoms. The lowest BCUT2D eigenvalue weighted by atomic mass is 10.1. The molecule has 0 amide bonds. The topological polar surface area (TPSA) is 24.1 Å². The minimum atomic E-state index is -0.396. The van der Waals surface area contributed by atoms with Crippen LogP contribution in [-0.4, -0.2) is 19.8 Å². The molecule has 0 atom stereocenters. The summed E-state index contributed by atoms with van der Waals surface area (Å²) in [7, 11) is 0. The average Bonchev–Trinajstić information content (AvgIpc) is 2.28. The molecule has 0 saturated carbocycles. The Morgan fingerprint density at radius 3 is 3.07 bits per heavy atom. The Morgan fingerprint density at radius 2 is 2.40 bits per heavy atom. The monoisotopic (exact) mass is 210 g/mol. The van der Waals surface area contributed by atoms with E-state index >= 15 is 0 Å². The fourth-order valence-corrected chi connectivity index (χ4v) is 1.51. The van der Waals surface area contributed by atoms with E-state index in [0.29, 0.717) is 0 Å². The number of hydrogen-bond donors (Lipinski definition) is 2. The Morgan fingerprint density at radius 1 is 1.60 bits per heavy atom. The molecule has 0 bridgehead atoms. The molecule has 1 aliphatic heterocycles. The van der Waals surface area contributed by atoms with Crippen molar-refractivity contribution < 1.29 is 4.39 Å². The van der Waals surface area contributed by atoms with E-state index in [0.717, 1.165) is 30.9 Å². The van der Waals surface area contributed by atoms with E-state index in [1.54, 1.807) is 6.08 Å². The standard InChI is InChI=1S/C12H19FN2/c1-3-10(2)15-12-9-14-8-6-11(12)5-4-7-13/h3-5,14-15H,6-9H2,1-2H3/b5-4+,10-3+. The van der Waals surface area contributed by atoms with Gasteiger partial charge in [-0.1, -0.05) is 18.2 Å². The van der Waals surface area contributed by atoms with Gasteiger partial charge in [0.05, 0.1) is 0 Å². The van der Waals surface area contributed by atoms with Crippen LogP contribution in [0.4, 0.5) is 4.39 Å². The summed E-state index contributed by atoms with van der Waals surface area (Å²) in [5, 5.41) is 6.63. The Balaban J connectivity index is 2.76. The van der Waals surface area contributed by atoms with Crippen LogP contribution < -0.4 is 10.6 Å². The summed E-state index contributed by atoms with van der Waals surface area (Å²) in [6.45, 7) is 5.42. The second kappa shape index (κ2) is 6.40. The van der Waals surface area contributed by atoms with Crippen molar-refractivity contribution in [3.05, 3.63) is 35.2 Å². The smallest absolute Gasteiger partial charge is 0.108 e. The SMILES string of the molecule is C/C=C(\C)NC1=C(/C=C/CF)CCNC1. The zero-order valence-corrected chi connectivity index (χ0v) is 9.44. The van der Waals surface area contributed by atoms with E-state index in [-0.39, 0.29) is 0 Å². The van der Waals surface area contributed by atoms with Crippen LogP contribution in [-0.2, 0) is 0 Å². The van der Waals surface area contributed by atoms with Crippen LogP contribution in [0.15, 0.2) is 35.2 Å². The quantitative estimate of drug-likeness (QED) is 0.744. The van der Waals surface area contributed by atoms with Crippen LogP contribution in [0, 0.1) is 0 Å². The van der Waals surface area contributed by atoms with Crippen molar-refractivity contribution in [2.45, 2.75) is 20.3 Å². The number of rotatable bonds is 4. The van der Waals surface area contributed by atoms with Crippen molar-refractivity contribution in [3.8, 4) is 0 Å². The first kappa shape index (κ1) is 12.0. The highest BCUT2D eigenvalue weighted by Gasteiger charge is 2.09. The van der Waals surface area contributed by atoms with E-state index in [2.05, 4.69) is 10.6 Å². The van der Waals surface area contributed by atoms with Crippen molar-refractivity contribution in [1.82, 2.24) is 10.6 Å². The maximum Gasteiger partial charge on any atom is 0.108 e. The van der Waals surface area contributed by atoms with Crippen LogP contribution in [0.2, 0.25) is 0 Å². The first-order chi connectivity index (χ1) is 7.27. The van der Waals surface area contributed by atoms with Crippen LogP contribution in [0.25, 0.3) is 0 Å². The molecule has 0 unspecified atom stereocenters. The predicted octanol–water partition coefficient (Wildman–Crippen LogP) is 2.27. The summed E-state index contributed by atoms with van der Waals surface area (Å²) in [6.07, 6.45) is 6.42. The molecule has 1 aliphatic rings. The molecule has 0 aromatic rings. The average molecular weight is 210 g/mol. The van der Waals surface area contributed by atoms with Crippen molar-refractivity contribution >= 4 is 0 Å². The normalized spacial score (nSPS) is 18.7. The molecule has 0 aromatic heterocycles. The molecule has 1 rings (SSSR count). The number of allylic oxidation sites excluding steroid dienone is 4. The highest BCUT2D eigenvalue weighted by atomic mass is 19.1. The molecule has 1 heterocycles. The zero-order chi connectivity index (χ0) is 11.1. The van der Waals surface area contributed by atoms with E-state index in [9.17, 15) is 4.39 Å².